The van der Waals surface area contributed by atoms with Gasteiger partial charge in [0, 0.05) is 19.6 Å². The van der Waals surface area contributed by atoms with Crippen LogP contribution in [0.3, 0.4) is 0 Å². The molecule has 0 spiro atoms. The molecule has 0 unspecified atom stereocenters. The van der Waals surface area contributed by atoms with E-state index in [9.17, 15) is 9.18 Å². The van der Waals surface area contributed by atoms with Crippen LogP contribution in [-0.2, 0) is 13.0 Å². The molecule has 1 aromatic heterocycles. The third kappa shape index (κ3) is 5.10. The van der Waals surface area contributed by atoms with Crippen molar-refractivity contribution in [1.82, 2.24) is 9.80 Å². The lowest BCUT2D eigenvalue weighted by Gasteiger charge is -2.40. The highest BCUT2D eigenvalue weighted by Crippen LogP contribution is 2.29. The number of carbonyl (C=O) groups excluding carboxylic acids is 1. The maximum absolute atomic E-state index is 14.5. The molecule has 0 bridgehead atoms. The smallest absolute Gasteiger partial charge is 0.257 e. The molecule has 1 aliphatic rings. The van der Waals surface area contributed by atoms with Crippen molar-refractivity contribution in [3.63, 3.8) is 0 Å². The Morgan fingerprint density at radius 2 is 1.78 bits per heavy atom. The number of amides is 1. The number of furan rings is 1. The van der Waals surface area contributed by atoms with Crippen molar-refractivity contribution in [2.24, 2.45) is 5.92 Å². The molecule has 2 heterocycles. The second kappa shape index (κ2) is 10.1. The van der Waals surface area contributed by atoms with Crippen molar-refractivity contribution in [2.45, 2.75) is 38.8 Å². The fraction of sp³-hybridized carbons (Fsp3) is 0.370. The van der Waals surface area contributed by atoms with E-state index in [-0.39, 0.29) is 17.8 Å². The zero-order valence-electron chi connectivity index (χ0n) is 18.8. The molecule has 0 N–H and O–H groups in total. The van der Waals surface area contributed by atoms with Gasteiger partial charge < -0.3 is 9.32 Å². The van der Waals surface area contributed by atoms with Crippen molar-refractivity contribution < 1.29 is 13.6 Å². The van der Waals surface area contributed by atoms with Gasteiger partial charge in [0.05, 0.1) is 11.8 Å². The summed E-state index contributed by atoms with van der Waals surface area (Å²) < 4.78 is 19.9. The van der Waals surface area contributed by atoms with Gasteiger partial charge in [-0.05, 0) is 68.5 Å². The SMILES string of the molecule is Cc1occc1C(=O)N(C)[C@@H](Cc1ccccc1F)C1CCN(Cc2ccccc2)CC1. The quantitative estimate of drug-likeness (QED) is 0.505. The van der Waals surface area contributed by atoms with E-state index in [1.54, 1.807) is 25.3 Å². The Morgan fingerprint density at radius 1 is 1.09 bits per heavy atom. The molecule has 1 saturated heterocycles. The summed E-state index contributed by atoms with van der Waals surface area (Å²) in [6.45, 7) is 4.68. The van der Waals surface area contributed by atoms with Gasteiger partial charge >= 0.3 is 0 Å². The van der Waals surface area contributed by atoms with E-state index < -0.39 is 0 Å². The molecular formula is C27H31FN2O2. The highest BCUT2D eigenvalue weighted by atomic mass is 19.1. The van der Waals surface area contributed by atoms with Gasteiger partial charge in [-0.25, -0.2) is 4.39 Å². The van der Waals surface area contributed by atoms with E-state index in [1.165, 1.54) is 11.6 Å². The number of nitrogens with zero attached hydrogens (tertiary/aromatic N) is 2. The molecule has 5 heteroatoms. The predicted octanol–water partition coefficient (Wildman–Crippen LogP) is 5.32. The number of hydrogen-bond donors (Lipinski definition) is 0. The number of hydrogen-bond acceptors (Lipinski definition) is 3. The zero-order chi connectivity index (χ0) is 22.5. The second-order valence-corrected chi connectivity index (χ2v) is 8.77. The number of aryl methyl sites for hydroxylation is 1. The van der Waals surface area contributed by atoms with Gasteiger partial charge in [-0.3, -0.25) is 9.69 Å². The van der Waals surface area contributed by atoms with Gasteiger partial charge in [-0.15, -0.1) is 0 Å². The molecule has 3 aromatic rings. The molecule has 1 fully saturated rings. The van der Waals surface area contributed by atoms with Gasteiger partial charge in [0.15, 0.2) is 0 Å². The average Bonchev–Trinajstić information content (AvgIpc) is 3.25. The van der Waals surface area contributed by atoms with Gasteiger partial charge in [-0.2, -0.15) is 0 Å². The van der Waals surface area contributed by atoms with Crippen LogP contribution in [-0.4, -0.2) is 41.9 Å². The van der Waals surface area contributed by atoms with Crippen molar-refractivity contribution >= 4 is 5.91 Å². The number of likely N-dealkylation sites (N-methyl/N-ethyl adjacent to an activating group) is 1. The Balaban J connectivity index is 1.49. The molecule has 1 aliphatic heterocycles. The van der Waals surface area contributed by atoms with Crippen molar-refractivity contribution in [1.29, 1.82) is 0 Å². The van der Waals surface area contributed by atoms with Gasteiger partial charge in [0.25, 0.3) is 5.91 Å². The number of carbonyl (C=O) groups is 1. The molecule has 1 atom stereocenters. The third-order valence-corrected chi connectivity index (χ3v) is 6.72. The van der Waals surface area contributed by atoms with E-state index in [4.69, 9.17) is 4.42 Å². The minimum Gasteiger partial charge on any atom is -0.469 e. The lowest BCUT2D eigenvalue weighted by atomic mass is 9.84. The summed E-state index contributed by atoms with van der Waals surface area (Å²) in [5, 5.41) is 0. The summed E-state index contributed by atoms with van der Waals surface area (Å²) in [5.41, 5.74) is 2.55. The Hall–Kier alpha value is -2.92. The Bertz CT molecular complexity index is 1020. The van der Waals surface area contributed by atoms with Crippen LogP contribution in [0.25, 0.3) is 0 Å². The van der Waals surface area contributed by atoms with Crippen LogP contribution in [0.15, 0.2) is 71.3 Å². The molecule has 4 rings (SSSR count). The van der Waals surface area contributed by atoms with Crippen LogP contribution in [0.5, 0.6) is 0 Å². The lowest BCUT2D eigenvalue weighted by molar-refractivity contribution is 0.0581. The Kier molecular flexibility index (Phi) is 7.05. The van der Waals surface area contributed by atoms with Crippen LogP contribution in [0.1, 0.15) is 40.1 Å². The van der Waals surface area contributed by atoms with E-state index >= 15 is 0 Å². The third-order valence-electron chi connectivity index (χ3n) is 6.72. The summed E-state index contributed by atoms with van der Waals surface area (Å²) in [5.74, 6) is 0.649. The van der Waals surface area contributed by atoms with Crippen LogP contribution >= 0.6 is 0 Å². The molecule has 1 amide bonds. The minimum absolute atomic E-state index is 0.0655. The standard InChI is InChI=1S/C27H31FN2O2/c1-20-24(14-17-32-20)27(31)29(2)26(18-23-10-6-7-11-25(23)28)22-12-15-30(16-13-22)19-21-8-4-3-5-9-21/h3-11,14,17,22,26H,12-13,15-16,18-19H2,1-2H3/t26-/m0/s1. The predicted molar refractivity (Wildman–Crippen MR) is 124 cm³/mol. The van der Waals surface area contributed by atoms with E-state index in [0.717, 1.165) is 32.5 Å². The van der Waals surface area contributed by atoms with Crippen LogP contribution in [0, 0.1) is 18.7 Å². The summed E-state index contributed by atoms with van der Waals surface area (Å²) in [7, 11) is 1.84. The monoisotopic (exact) mass is 434 g/mol. The summed E-state index contributed by atoms with van der Waals surface area (Å²) in [6.07, 6.45) is 4.02. The lowest BCUT2D eigenvalue weighted by Crippen LogP contribution is -2.47. The fourth-order valence-corrected chi connectivity index (χ4v) is 4.79. The normalized spacial score (nSPS) is 16.1. The topological polar surface area (TPSA) is 36.7 Å². The van der Waals surface area contributed by atoms with Crippen molar-refractivity contribution in [2.75, 3.05) is 20.1 Å². The van der Waals surface area contributed by atoms with Gasteiger partial charge in [0.2, 0.25) is 0 Å². The Morgan fingerprint density at radius 3 is 2.44 bits per heavy atom. The highest BCUT2D eigenvalue weighted by Gasteiger charge is 2.33. The first-order valence-electron chi connectivity index (χ1n) is 11.3. The molecular weight excluding hydrogens is 403 g/mol. The van der Waals surface area contributed by atoms with Crippen molar-refractivity contribution in [3.05, 3.63) is 95.2 Å². The molecule has 0 saturated carbocycles. The first-order chi connectivity index (χ1) is 15.5. The average molecular weight is 435 g/mol. The second-order valence-electron chi connectivity index (χ2n) is 8.77. The van der Waals surface area contributed by atoms with E-state index in [1.807, 2.05) is 30.1 Å². The van der Waals surface area contributed by atoms with Crippen molar-refractivity contribution in [3.8, 4) is 0 Å². The Labute approximate surface area is 189 Å². The molecule has 2 aromatic carbocycles. The van der Waals surface area contributed by atoms with E-state index in [2.05, 4.69) is 29.2 Å². The zero-order valence-corrected chi connectivity index (χ0v) is 18.8. The number of piperidine rings is 1. The maximum Gasteiger partial charge on any atom is 0.257 e. The fourth-order valence-electron chi connectivity index (χ4n) is 4.79. The summed E-state index contributed by atoms with van der Waals surface area (Å²) in [4.78, 5) is 17.5. The summed E-state index contributed by atoms with van der Waals surface area (Å²) in [6, 6.07) is 19.0. The molecule has 0 aliphatic carbocycles. The molecule has 168 valence electrons. The number of rotatable bonds is 7. The molecule has 4 nitrogen and oxygen atoms in total. The molecule has 0 radical (unpaired) electrons. The number of benzene rings is 2. The largest absolute Gasteiger partial charge is 0.469 e. The van der Waals surface area contributed by atoms with Gasteiger partial charge in [0.1, 0.15) is 11.6 Å². The van der Waals surface area contributed by atoms with Crippen LogP contribution < -0.4 is 0 Å². The number of halogens is 1. The first kappa shape index (κ1) is 22.3. The van der Waals surface area contributed by atoms with Gasteiger partial charge in [-0.1, -0.05) is 48.5 Å². The number of likely N-dealkylation sites (tertiary alicyclic amines) is 1. The first-order valence-corrected chi connectivity index (χ1v) is 11.3. The summed E-state index contributed by atoms with van der Waals surface area (Å²) >= 11 is 0. The maximum atomic E-state index is 14.5. The van der Waals surface area contributed by atoms with Crippen LogP contribution in [0.2, 0.25) is 0 Å². The molecule has 32 heavy (non-hydrogen) atoms. The van der Waals surface area contributed by atoms with E-state index in [0.29, 0.717) is 29.2 Å². The highest BCUT2D eigenvalue weighted by molar-refractivity contribution is 5.95. The minimum atomic E-state index is -0.209. The van der Waals surface area contributed by atoms with Crippen LogP contribution in [0.4, 0.5) is 4.39 Å².